The fourth-order valence-electron chi connectivity index (χ4n) is 4.05. The van der Waals surface area contributed by atoms with Crippen molar-refractivity contribution >= 4 is 17.7 Å². The highest BCUT2D eigenvalue weighted by atomic mass is 16.5. The normalized spacial score (nSPS) is 15.6. The number of nitrogens with one attached hydrogen (secondary N) is 2. The van der Waals surface area contributed by atoms with E-state index in [4.69, 9.17) is 4.74 Å². The Morgan fingerprint density at radius 1 is 1.09 bits per heavy atom. The standard InChI is InChI=1S/C25H31N3O4/c1-4-32-25(31)22-15(2)23(26-16(22)3)21(29)14-28(20-11-12-20)13-17-5-7-18(8-6-17)24(30)27-19-9-10-19/h5-8,19-20,26H,4,9-14H2,1-3H3,(H,27,30). The lowest BCUT2D eigenvalue weighted by Crippen LogP contribution is -2.32. The van der Waals surface area contributed by atoms with Crippen molar-refractivity contribution in [2.24, 2.45) is 0 Å². The Hall–Kier alpha value is -2.93. The Bertz CT molecular complexity index is 1020. The van der Waals surface area contributed by atoms with Gasteiger partial charge in [-0.05, 0) is 69.7 Å². The van der Waals surface area contributed by atoms with Crippen molar-refractivity contribution in [3.63, 3.8) is 0 Å². The molecular weight excluding hydrogens is 406 g/mol. The number of hydrogen-bond acceptors (Lipinski definition) is 5. The van der Waals surface area contributed by atoms with Crippen molar-refractivity contribution in [1.82, 2.24) is 15.2 Å². The first-order valence-electron chi connectivity index (χ1n) is 11.4. The van der Waals surface area contributed by atoms with Gasteiger partial charge in [-0.2, -0.15) is 0 Å². The van der Waals surface area contributed by atoms with Gasteiger partial charge in [-0.15, -0.1) is 0 Å². The Kier molecular flexibility index (Phi) is 6.46. The SMILES string of the molecule is CCOC(=O)c1c(C)[nH]c(C(=O)CN(Cc2ccc(C(=O)NC3CC3)cc2)C2CC2)c1C. The summed E-state index contributed by atoms with van der Waals surface area (Å²) in [5.41, 5.74) is 3.96. The average Bonchev–Trinajstić information content (AvgIpc) is 3.67. The summed E-state index contributed by atoms with van der Waals surface area (Å²) in [6.07, 6.45) is 4.28. The molecule has 0 aliphatic heterocycles. The number of amides is 1. The zero-order chi connectivity index (χ0) is 22.8. The molecular formula is C25H31N3O4. The maximum Gasteiger partial charge on any atom is 0.340 e. The summed E-state index contributed by atoms with van der Waals surface area (Å²) in [5, 5.41) is 3.00. The lowest BCUT2D eigenvalue weighted by atomic mass is 10.1. The number of aromatic nitrogens is 1. The number of hydrogen-bond donors (Lipinski definition) is 2. The van der Waals surface area contributed by atoms with Gasteiger partial charge in [-0.1, -0.05) is 12.1 Å². The number of ether oxygens (including phenoxy) is 1. The molecule has 0 spiro atoms. The Labute approximate surface area is 188 Å². The minimum Gasteiger partial charge on any atom is -0.462 e. The van der Waals surface area contributed by atoms with Crippen LogP contribution in [0, 0.1) is 13.8 Å². The zero-order valence-electron chi connectivity index (χ0n) is 19.0. The van der Waals surface area contributed by atoms with Gasteiger partial charge in [0, 0.05) is 29.9 Å². The number of Topliss-reactive ketones (excluding diaryl/α,β-unsaturated/α-hetero) is 1. The molecule has 2 aromatic rings. The number of esters is 1. The van der Waals surface area contributed by atoms with E-state index >= 15 is 0 Å². The van der Waals surface area contributed by atoms with Crippen LogP contribution in [0.1, 0.15) is 80.6 Å². The van der Waals surface area contributed by atoms with Crippen LogP contribution in [0.25, 0.3) is 0 Å². The number of benzene rings is 1. The highest BCUT2D eigenvalue weighted by Gasteiger charge is 2.32. The molecule has 170 valence electrons. The largest absolute Gasteiger partial charge is 0.462 e. The Morgan fingerprint density at radius 2 is 1.78 bits per heavy atom. The lowest BCUT2D eigenvalue weighted by molar-refractivity contribution is 0.0524. The quantitative estimate of drug-likeness (QED) is 0.438. The van der Waals surface area contributed by atoms with Gasteiger partial charge in [0.25, 0.3) is 5.91 Å². The molecule has 1 aromatic heterocycles. The third kappa shape index (κ3) is 5.10. The molecule has 7 nitrogen and oxygen atoms in total. The predicted octanol–water partition coefficient (Wildman–Crippen LogP) is 3.55. The summed E-state index contributed by atoms with van der Waals surface area (Å²) < 4.78 is 5.13. The second-order valence-corrected chi connectivity index (χ2v) is 8.85. The molecule has 0 bridgehead atoms. The molecule has 0 atom stereocenters. The summed E-state index contributed by atoms with van der Waals surface area (Å²) in [6, 6.07) is 8.35. The third-order valence-corrected chi connectivity index (χ3v) is 6.12. The lowest BCUT2D eigenvalue weighted by Gasteiger charge is -2.21. The monoisotopic (exact) mass is 437 g/mol. The highest BCUT2D eigenvalue weighted by molar-refractivity contribution is 6.02. The smallest absolute Gasteiger partial charge is 0.340 e. The molecule has 7 heteroatoms. The number of H-pyrrole nitrogens is 1. The average molecular weight is 438 g/mol. The fourth-order valence-corrected chi connectivity index (χ4v) is 4.05. The molecule has 4 rings (SSSR count). The van der Waals surface area contributed by atoms with E-state index in [1.807, 2.05) is 24.3 Å². The number of nitrogens with zero attached hydrogens (tertiary/aromatic N) is 1. The molecule has 1 amide bonds. The van der Waals surface area contributed by atoms with Crippen molar-refractivity contribution in [2.75, 3.05) is 13.2 Å². The van der Waals surface area contributed by atoms with Gasteiger partial charge in [0.15, 0.2) is 5.78 Å². The minimum absolute atomic E-state index is 0.0247. The van der Waals surface area contributed by atoms with Crippen LogP contribution in [0.3, 0.4) is 0 Å². The van der Waals surface area contributed by atoms with Gasteiger partial charge in [-0.3, -0.25) is 14.5 Å². The van der Waals surface area contributed by atoms with Crippen LogP contribution >= 0.6 is 0 Å². The molecule has 1 aromatic carbocycles. The van der Waals surface area contributed by atoms with Crippen molar-refractivity contribution in [2.45, 2.75) is 65.1 Å². The number of carbonyl (C=O) groups excluding carboxylic acids is 3. The first-order chi connectivity index (χ1) is 15.4. The van der Waals surface area contributed by atoms with Crippen LogP contribution in [0.5, 0.6) is 0 Å². The van der Waals surface area contributed by atoms with Crippen LogP contribution in [-0.2, 0) is 11.3 Å². The van der Waals surface area contributed by atoms with E-state index < -0.39 is 5.97 Å². The molecule has 32 heavy (non-hydrogen) atoms. The molecule has 0 saturated heterocycles. The maximum absolute atomic E-state index is 13.1. The van der Waals surface area contributed by atoms with E-state index in [9.17, 15) is 14.4 Å². The first kappa shape index (κ1) is 22.3. The molecule has 2 aliphatic carbocycles. The summed E-state index contributed by atoms with van der Waals surface area (Å²) in [5.74, 6) is -0.459. The number of aromatic amines is 1. The number of aryl methyl sites for hydroxylation is 1. The summed E-state index contributed by atoms with van der Waals surface area (Å²) in [4.78, 5) is 42.8. The van der Waals surface area contributed by atoms with Crippen LogP contribution in [0.2, 0.25) is 0 Å². The summed E-state index contributed by atoms with van der Waals surface area (Å²) in [7, 11) is 0. The van der Waals surface area contributed by atoms with Crippen molar-refractivity contribution in [3.05, 3.63) is 57.9 Å². The van der Waals surface area contributed by atoms with Crippen LogP contribution in [0.4, 0.5) is 0 Å². The van der Waals surface area contributed by atoms with Gasteiger partial charge >= 0.3 is 5.97 Å². The van der Waals surface area contributed by atoms with Crippen LogP contribution in [-0.4, -0.2) is 52.8 Å². The molecule has 2 saturated carbocycles. The molecule has 2 fully saturated rings. The number of rotatable bonds is 10. The summed E-state index contributed by atoms with van der Waals surface area (Å²) in [6.45, 7) is 6.55. The van der Waals surface area contributed by atoms with Crippen molar-refractivity contribution < 1.29 is 19.1 Å². The number of ketones is 1. The molecule has 2 aliphatic rings. The molecule has 2 N–H and O–H groups in total. The second-order valence-electron chi connectivity index (χ2n) is 8.85. The Morgan fingerprint density at radius 3 is 2.38 bits per heavy atom. The van der Waals surface area contributed by atoms with E-state index in [0.717, 1.165) is 31.2 Å². The van der Waals surface area contributed by atoms with Crippen molar-refractivity contribution in [1.29, 1.82) is 0 Å². The van der Waals surface area contributed by atoms with E-state index in [1.54, 1.807) is 20.8 Å². The van der Waals surface area contributed by atoms with Gasteiger partial charge in [-0.25, -0.2) is 4.79 Å². The summed E-state index contributed by atoms with van der Waals surface area (Å²) >= 11 is 0. The Balaban J connectivity index is 1.43. The van der Waals surface area contributed by atoms with Gasteiger partial charge < -0.3 is 15.0 Å². The van der Waals surface area contributed by atoms with Gasteiger partial charge in [0.05, 0.1) is 24.4 Å². The third-order valence-electron chi connectivity index (χ3n) is 6.12. The van der Waals surface area contributed by atoms with E-state index in [1.165, 1.54) is 0 Å². The number of carbonyl (C=O) groups is 3. The van der Waals surface area contributed by atoms with Crippen molar-refractivity contribution in [3.8, 4) is 0 Å². The predicted molar refractivity (Wildman–Crippen MR) is 121 cm³/mol. The van der Waals surface area contributed by atoms with Gasteiger partial charge in [0.1, 0.15) is 0 Å². The topological polar surface area (TPSA) is 91.5 Å². The van der Waals surface area contributed by atoms with E-state index in [2.05, 4.69) is 15.2 Å². The first-order valence-corrected chi connectivity index (χ1v) is 11.4. The van der Waals surface area contributed by atoms with E-state index in [0.29, 0.717) is 53.3 Å². The molecule has 0 unspecified atom stereocenters. The van der Waals surface area contributed by atoms with E-state index in [-0.39, 0.29) is 18.2 Å². The molecule has 0 radical (unpaired) electrons. The van der Waals surface area contributed by atoms with Crippen LogP contribution < -0.4 is 5.32 Å². The minimum atomic E-state index is -0.400. The maximum atomic E-state index is 13.1. The highest BCUT2D eigenvalue weighted by Crippen LogP contribution is 2.29. The zero-order valence-corrected chi connectivity index (χ0v) is 19.0. The second kappa shape index (κ2) is 9.28. The fraction of sp³-hybridized carbons (Fsp3) is 0.480. The van der Waals surface area contributed by atoms with Gasteiger partial charge in [0.2, 0.25) is 0 Å². The molecule has 1 heterocycles. The van der Waals surface area contributed by atoms with Crippen LogP contribution in [0.15, 0.2) is 24.3 Å².